The maximum absolute atomic E-state index is 12.6. The third-order valence-electron chi connectivity index (χ3n) is 4.57. The van der Waals surface area contributed by atoms with E-state index in [-0.39, 0.29) is 5.91 Å². The summed E-state index contributed by atoms with van der Waals surface area (Å²) in [6.07, 6.45) is 1.29. The lowest BCUT2D eigenvalue weighted by Crippen LogP contribution is -2.35. The second-order valence-electron chi connectivity index (χ2n) is 6.23. The quantitative estimate of drug-likeness (QED) is 0.766. The van der Waals surface area contributed by atoms with Gasteiger partial charge in [-0.25, -0.2) is 0 Å². The molecular weight excluding hydrogens is 321 g/mol. The molecule has 0 radical (unpaired) electrons. The molecule has 1 saturated carbocycles. The highest BCUT2D eigenvalue weighted by Crippen LogP contribution is 2.64. The van der Waals surface area contributed by atoms with Gasteiger partial charge in [0.25, 0.3) is 0 Å². The van der Waals surface area contributed by atoms with Crippen LogP contribution in [0.4, 0.5) is 0 Å². The normalized spacial score (nSPS) is 22.8. The molecule has 1 unspecified atom stereocenters. The zero-order chi connectivity index (χ0) is 16.1. The van der Waals surface area contributed by atoms with Gasteiger partial charge in [-0.3, -0.25) is 4.79 Å². The highest BCUT2D eigenvalue weighted by molar-refractivity contribution is 6.53. The lowest BCUT2D eigenvalue weighted by molar-refractivity contribution is -0.135. The molecule has 3 nitrogen and oxygen atoms in total. The van der Waals surface area contributed by atoms with E-state index in [1.54, 1.807) is 11.9 Å². The summed E-state index contributed by atoms with van der Waals surface area (Å²) < 4.78 is 4.94. The van der Waals surface area contributed by atoms with Gasteiger partial charge in [0.05, 0.1) is 5.41 Å². The van der Waals surface area contributed by atoms with Crippen LogP contribution in [0.25, 0.3) is 11.0 Å². The minimum atomic E-state index is -0.940. The third-order valence-corrected chi connectivity index (χ3v) is 5.68. The number of halogens is 2. The second-order valence-corrected chi connectivity index (χ2v) is 7.71. The van der Waals surface area contributed by atoms with Crippen molar-refractivity contribution in [2.75, 3.05) is 7.05 Å². The largest absolute Gasteiger partial charge is 0.461 e. The lowest BCUT2D eigenvalue weighted by atomic mass is 10.1. The minimum absolute atomic E-state index is 0.0233. The zero-order valence-electron chi connectivity index (χ0n) is 13.0. The molecule has 1 aromatic heterocycles. The molecule has 1 aromatic carbocycles. The van der Waals surface area contributed by atoms with Crippen LogP contribution in [-0.2, 0) is 17.8 Å². The van der Waals surface area contributed by atoms with Crippen molar-refractivity contribution in [1.29, 1.82) is 0 Å². The molecule has 1 amide bonds. The number of aryl methyl sites for hydroxylation is 1. The van der Waals surface area contributed by atoms with Gasteiger partial charge in [-0.1, -0.05) is 25.1 Å². The molecule has 3 rings (SSSR count). The van der Waals surface area contributed by atoms with Crippen LogP contribution in [0.1, 0.15) is 31.6 Å². The van der Waals surface area contributed by atoms with Gasteiger partial charge in [-0.15, -0.1) is 23.2 Å². The maximum Gasteiger partial charge on any atom is 0.231 e. The lowest BCUT2D eigenvalue weighted by Gasteiger charge is -2.22. The molecule has 1 heterocycles. The zero-order valence-corrected chi connectivity index (χ0v) is 14.5. The van der Waals surface area contributed by atoms with E-state index >= 15 is 0 Å². The molecule has 0 aliphatic heterocycles. The van der Waals surface area contributed by atoms with Crippen molar-refractivity contribution in [3.05, 3.63) is 35.6 Å². The fourth-order valence-corrected chi connectivity index (χ4v) is 3.67. The van der Waals surface area contributed by atoms with Crippen LogP contribution in [0.2, 0.25) is 0 Å². The van der Waals surface area contributed by atoms with Crippen molar-refractivity contribution >= 4 is 40.1 Å². The number of para-hydroxylation sites is 1. The van der Waals surface area contributed by atoms with Crippen molar-refractivity contribution in [3.63, 3.8) is 0 Å². The number of carbonyl (C=O) groups excluding carboxylic acids is 1. The molecule has 1 fully saturated rings. The number of amides is 1. The van der Waals surface area contributed by atoms with E-state index in [1.807, 2.05) is 38.1 Å². The Kier molecular flexibility index (Phi) is 3.69. The maximum atomic E-state index is 12.6. The topological polar surface area (TPSA) is 33.5 Å². The van der Waals surface area contributed by atoms with E-state index in [4.69, 9.17) is 27.6 Å². The van der Waals surface area contributed by atoms with Crippen molar-refractivity contribution in [1.82, 2.24) is 4.90 Å². The smallest absolute Gasteiger partial charge is 0.231 e. The second kappa shape index (κ2) is 5.17. The van der Waals surface area contributed by atoms with Gasteiger partial charge in [-0.2, -0.15) is 0 Å². The molecule has 0 spiro atoms. The Morgan fingerprint density at radius 3 is 2.59 bits per heavy atom. The van der Waals surface area contributed by atoms with Crippen LogP contribution in [0.5, 0.6) is 0 Å². The number of hydrogen-bond donors (Lipinski definition) is 0. The summed E-state index contributed by atoms with van der Waals surface area (Å²) in [6.45, 7) is 4.37. The minimum Gasteiger partial charge on any atom is -0.461 e. The van der Waals surface area contributed by atoms with E-state index in [9.17, 15) is 4.79 Å². The van der Waals surface area contributed by atoms with Gasteiger partial charge in [0.1, 0.15) is 15.7 Å². The first-order valence-electron chi connectivity index (χ1n) is 7.43. The molecule has 22 heavy (non-hydrogen) atoms. The number of hydrogen-bond acceptors (Lipinski definition) is 2. The monoisotopic (exact) mass is 339 g/mol. The first-order chi connectivity index (χ1) is 10.3. The highest BCUT2D eigenvalue weighted by atomic mass is 35.5. The third kappa shape index (κ3) is 2.31. The van der Waals surface area contributed by atoms with E-state index in [0.717, 1.165) is 28.7 Å². The molecule has 118 valence electrons. The fourth-order valence-electron chi connectivity index (χ4n) is 2.97. The van der Waals surface area contributed by atoms with E-state index < -0.39 is 9.75 Å². The predicted octanol–water partition coefficient (Wildman–Crippen LogP) is 4.54. The van der Waals surface area contributed by atoms with Gasteiger partial charge in [0.2, 0.25) is 5.91 Å². The molecule has 5 heteroatoms. The Hall–Kier alpha value is -1.19. The Morgan fingerprint density at radius 2 is 2.00 bits per heavy atom. The molecule has 1 aliphatic carbocycles. The molecule has 1 aliphatic rings. The summed E-state index contributed by atoms with van der Waals surface area (Å²) in [5, 5.41) is 1.06. The summed E-state index contributed by atoms with van der Waals surface area (Å²) in [7, 11) is 1.79. The van der Waals surface area contributed by atoms with Gasteiger partial charge < -0.3 is 9.32 Å². The van der Waals surface area contributed by atoms with E-state index in [1.165, 1.54) is 0 Å². The van der Waals surface area contributed by atoms with E-state index in [0.29, 0.717) is 13.0 Å². The van der Waals surface area contributed by atoms with Crippen LogP contribution in [0.15, 0.2) is 28.7 Å². The van der Waals surface area contributed by atoms with Crippen LogP contribution < -0.4 is 0 Å². The fraction of sp³-hybridized carbons (Fsp3) is 0.471. The van der Waals surface area contributed by atoms with Gasteiger partial charge in [0, 0.05) is 31.0 Å². The number of carbonyl (C=O) groups is 1. The van der Waals surface area contributed by atoms with Crippen molar-refractivity contribution in [2.24, 2.45) is 5.41 Å². The summed E-state index contributed by atoms with van der Waals surface area (Å²) in [6, 6.07) is 7.90. The molecule has 0 bridgehead atoms. The first-order valence-corrected chi connectivity index (χ1v) is 8.18. The molecule has 2 aromatic rings. The average molecular weight is 340 g/mol. The molecule has 0 saturated heterocycles. The molecule has 1 atom stereocenters. The number of rotatable bonds is 4. The molecular formula is C17H19Cl2NO2. The van der Waals surface area contributed by atoms with Crippen LogP contribution in [-0.4, -0.2) is 22.2 Å². The summed E-state index contributed by atoms with van der Waals surface area (Å²) in [5.74, 6) is 0.898. The van der Waals surface area contributed by atoms with Crippen molar-refractivity contribution < 1.29 is 9.21 Å². The van der Waals surface area contributed by atoms with Crippen LogP contribution in [0.3, 0.4) is 0 Å². The average Bonchev–Trinajstić information content (AvgIpc) is 2.84. The van der Waals surface area contributed by atoms with Gasteiger partial charge in [-0.05, 0) is 19.4 Å². The Morgan fingerprint density at radius 1 is 1.36 bits per heavy atom. The van der Waals surface area contributed by atoms with E-state index in [2.05, 4.69) is 0 Å². The summed E-state index contributed by atoms with van der Waals surface area (Å²) >= 11 is 12.2. The Labute approximate surface area is 140 Å². The number of furan rings is 1. The molecule has 0 N–H and O–H groups in total. The van der Waals surface area contributed by atoms with Crippen molar-refractivity contribution in [3.8, 4) is 0 Å². The number of alkyl halides is 2. The van der Waals surface area contributed by atoms with Crippen LogP contribution >= 0.6 is 23.2 Å². The summed E-state index contributed by atoms with van der Waals surface area (Å²) in [4.78, 5) is 14.3. The standard InChI is InChI=1S/C17H19Cl2NO2/c1-4-13-12(11-7-5-6-8-14(11)22-13)9-20(3)15(21)16(2)10-17(16,18)19/h5-8H,4,9-10H2,1-3H3. The first kappa shape index (κ1) is 15.7. The summed E-state index contributed by atoms with van der Waals surface area (Å²) in [5.41, 5.74) is 1.24. The highest BCUT2D eigenvalue weighted by Gasteiger charge is 2.68. The number of nitrogens with zero attached hydrogens (tertiary/aromatic N) is 1. The number of benzene rings is 1. The Balaban J connectivity index is 1.89. The predicted molar refractivity (Wildman–Crippen MR) is 89.2 cm³/mol. The van der Waals surface area contributed by atoms with Crippen molar-refractivity contribution in [2.45, 2.75) is 37.6 Å². The van der Waals surface area contributed by atoms with Gasteiger partial charge in [0.15, 0.2) is 0 Å². The number of fused-ring (bicyclic) bond motifs is 1. The Bertz CT molecular complexity index is 737. The van der Waals surface area contributed by atoms with Crippen LogP contribution in [0, 0.1) is 5.41 Å². The van der Waals surface area contributed by atoms with Gasteiger partial charge >= 0.3 is 0 Å². The SMILES string of the molecule is CCc1oc2ccccc2c1CN(C)C(=O)C1(C)CC1(Cl)Cl.